The van der Waals surface area contributed by atoms with Gasteiger partial charge in [-0.3, -0.25) is 10.1 Å². The highest BCUT2D eigenvalue weighted by atomic mass is 16.6. The lowest BCUT2D eigenvalue weighted by atomic mass is 10.0. The zero-order valence-corrected chi connectivity index (χ0v) is 11.2. The van der Waals surface area contributed by atoms with Crippen LogP contribution in [0.5, 0.6) is 0 Å². The lowest BCUT2D eigenvalue weighted by Gasteiger charge is -2.28. The van der Waals surface area contributed by atoms with Crippen molar-refractivity contribution in [2.45, 2.75) is 32.7 Å². The van der Waals surface area contributed by atoms with Crippen molar-refractivity contribution in [2.75, 3.05) is 16.9 Å². The van der Waals surface area contributed by atoms with E-state index in [9.17, 15) is 10.1 Å². The van der Waals surface area contributed by atoms with Gasteiger partial charge in [-0.15, -0.1) is 0 Å². The molecule has 1 unspecified atom stereocenters. The minimum atomic E-state index is -0.424. The van der Waals surface area contributed by atoms with E-state index >= 15 is 0 Å². The van der Waals surface area contributed by atoms with Crippen LogP contribution in [0.1, 0.15) is 26.7 Å². The Morgan fingerprint density at radius 3 is 2.89 bits per heavy atom. The van der Waals surface area contributed by atoms with Gasteiger partial charge in [0.2, 0.25) is 0 Å². The van der Waals surface area contributed by atoms with E-state index in [1.807, 2.05) is 0 Å². The molecule has 1 aromatic heterocycles. The number of nitrogens with one attached hydrogen (secondary N) is 1. The van der Waals surface area contributed by atoms with Crippen molar-refractivity contribution in [3.8, 4) is 0 Å². The molecule has 7 heteroatoms. The van der Waals surface area contributed by atoms with Crippen molar-refractivity contribution in [3.63, 3.8) is 0 Å². The quantitative estimate of drug-likeness (QED) is 0.490. The van der Waals surface area contributed by atoms with E-state index < -0.39 is 4.92 Å². The molecule has 19 heavy (non-hydrogen) atoms. The van der Waals surface area contributed by atoms with Gasteiger partial charge >= 0.3 is 0 Å². The zero-order valence-electron chi connectivity index (χ0n) is 11.2. The zero-order chi connectivity index (χ0) is 14.0. The van der Waals surface area contributed by atoms with Crippen LogP contribution in [0.25, 0.3) is 0 Å². The van der Waals surface area contributed by atoms with Gasteiger partial charge in [0.1, 0.15) is 11.6 Å². The molecule has 1 saturated heterocycles. The van der Waals surface area contributed by atoms with Crippen LogP contribution in [0.3, 0.4) is 0 Å². The predicted molar refractivity (Wildman–Crippen MR) is 73.9 cm³/mol. The smallest absolute Gasteiger partial charge is 0.276 e. The summed E-state index contributed by atoms with van der Waals surface area (Å²) in [5.41, 5.74) is 2.39. The van der Waals surface area contributed by atoms with Gasteiger partial charge in [-0.1, -0.05) is 13.8 Å². The van der Waals surface area contributed by atoms with E-state index in [0.29, 0.717) is 23.6 Å². The molecule has 1 aliphatic heterocycles. The number of nitro groups is 1. The summed E-state index contributed by atoms with van der Waals surface area (Å²) in [6.07, 6.45) is 2.17. The van der Waals surface area contributed by atoms with Crippen LogP contribution in [0.15, 0.2) is 12.1 Å². The molecule has 0 aliphatic carbocycles. The van der Waals surface area contributed by atoms with Crippen molar-refractivity contribution < 1.29 is 4.92 Å². The van der Waals surface area contributed by atoms with E-state index in [2.05, 4.69) is 29.2 Å². The molecule has 1 aromatic rings. The largest absolute Gasteiger partial charge is 0.353 e. The fourth-order valence-electron chi connectivity index (χ4n) is 2.60. The summed E-state index contributed by atoms with van der Waals surface area (Å²) in [7, 11) is 0. The maximum Gasteiger partial charge on any atom is 0.276 e. The number of aromatic nitrogens is 1. The van der Waals surface area contributed by atoms with Crippen molar-refractivity contribution >= 4 is 17.3 Å². The number of pyridine rings is 1. The molecule has 0 radical (unpaired) electrons. The Hall–Kier alpha value is -1.89. The summed E-state index contributed by atoms with van der Waals surface area (Å²) in [5.74, 6) is 6.75. The first-order valence-corrected chi connectivity index (χ1v) is 6.42. The molecule has 7 nitrogen and oxygen atoms in total. The molecule has 0 bridgehead atoms. The van der Waals surface area contributed by atoms with Crippen molar-refractivity contribution in [2.24, 2.45) is 11.8 Å². The average Bonchev–Trinajstić information content (AvgIpc) is 2.87. The van der Waals surface area contributed by atoms with Crippen LogP contribution in [0, 0.1) is 16.0 Å². The van der Waals surface area contributed by atoms with Crippen LogP contribution in [-0.2, 0) is 0 Å². The Morgan fingerprint density at radius 1 is 1.58 bits per heavy atom. The van der Waals surface area contributed by atoms with E-state index in [1.165, 1.54) is 12.1 Å². The first kappa shape index (κ1) is 13.5. The Morgan fingerprint density at radius 2 is 2.32 bits per heavy atom. The minimum absolute atomic E-state index is 0.00681. The molecule has 1 aliphatic rings. The number of nitrogen functional groups attached to an aromatic ring is 1. The second kappa shape index (κ2) is 5.40. The van der Waals surface area contributed by atoms with Crippen LogP contribution in [-0.4, -0.2) is 22.5 Å². The third kappa shape index (κ3) is 2.76. The monoisotopic (exact) mass is 265 g/mol. The molecule has 2 rings (SSSR count). The molecule has 0 saturated carbocycles. The van der Waals surface area contributed by atoms with Gasteiger partial charge in [-0.05, 0) is 18.8 Å². The number of anilines is 2. The molecule has 3 N–H and O–H groups in total. The highest BCUT2D eigenvalue weighted by Gasteiger charge is 2.29. The van der Waals surface area contributed by atoms with Crippen LogP contribution in [0.2, 0.25) is 0 Å². The van der Waals surface area contributed by atoms with Gasteiger partial charge in [0.25, 0.3) is 5.69 Å². The number of rotatable bonds is 4. The number of nitrogens with two attached hydrogens (primary N) is 1. The summed E-state index contributed by atoms with van der Waals surface area (Å²) in [6, 6.07) is 3.23. The topological polar surface area (TPSA) is 97.3 Å². The molecule has 0 aromatic carbocycles. The summed E-state index contributed by atoms with van der Waals surface area (Å²) in [4.78, 5) is 17.0. The number of hydrogen-bond acceptors (Lipinski definition) is 6. The van der Waals surface area contributed by atoms with Crippen molar-refractivity contribution in [3.05, 3.63) is 22.2 Å². The third-order valence-electron chi connectivity index (χ3n) is 3.52. The molecular weight excluding hydrogens is 246 g/mol. The van der Waals surface area contributed by atoms with E-state index in [-0.39, 0.29) is 5.69 Å². The fourth-order valence-corrected chi connectivity index (χ4v) is 2.60. The molecule has 1 atom stereocenters. The maximum absolute atomic E-state index is 10.9. The molecule has 1 fully saturated rings. The first-order valence-electron chi connectivity index (χ1n) is 6.42. The van der Waals surface area contributed by atoms with Crippen molar-refractivity contribution in [1.82, 2.24) is 4.98 Å². The van der Waals surface area contributed by atoms with Crippen LogP contribution in [0.4, 0.5) is 17.3 Å². The summed E-state index contributed by atoms with van der Waals surface area (Å²) in [5, 5.41) is 10.9. The van der Waals surface area contributed by atoms with E-state index in [0.717, 1.165) is 19.4 Å². The van der Waals surface area contributed by atoms with E-state index in [1.54, 1.807) is 0 Å². The summed E-state index contributed by atoms with van der Waals surface area (Å²) in [6.45, 7) is 5.19. The second-order valence-electron chi connectivity index (χ2n) is 5.12. The summed E-state index contributed by atoms with van der Waals surface area (Å²) < 4.78 is 0. The van der Waals surface area contributed by atoms with Crippen LogP contribution >= 0.6 is 0 Å². The Bertz CT molecular complexity index is 477. The Balaban J connectivity index is 2.38. The molecule has 0 amide bonds. The average molecular weight is 265 g/mol. The van der Waals surface area contributed by atoms with E-state index in [4.69, 9.17) is 5.84 Å². The Labute approximate surface area is 111 Å². The third-order valence-corrected chi connectivity index (χ3v) is 3.52. The molecular formula is C12H19N5O2. The second-order valence-corrected chi connectivity index (χ2v) is 5.12. The first-order chi connectivity index (χ1) is 9.02. The highest BCUT2D eigenvalue weighted by Crippen LogP contribution is 2.31. The van der Waals surface area contributed by atoms with Crippen molar-refractivity contribution in [1.29, 1.82) is 0 Å². The van der Waals surface area contributed by atoms with Gasteiger partial charge in [0.15, 0.2) is 0 Å². The fraction of sp³-hybridized carbons (Fsp3) is 0.583. The standard InChI is InChI=1S/C12H19N5O2/c1-8(2)10-4-3-5-16(10)12-7-9(17(18)19)6-11(14-12)15-13/h6-8,10H,3-5,13H2,1-2H3,(H,14,15). The minimum Gasteiger partial charge on any atom is -0.353 e. The maximum atomic E-state index is 10.9. The SMILES string of the molecule is CC(C)C1CCCN1c1cc([N+](=O)[O-])cc(NN)n1. The Kier molecular flexibility index (Phi) is 3.84. The lowest BCUT2D eigenvalue weighted by molar-refractivity contribution is -0.384. The summed E-state index contributed by atoms with van der Waals surface area (Å²) >= 11 is 0. The van der Waals surface area contributed by atoms with Gasteiger partial charge in [0, 0.05) is 12.6 Å². The van der Waals surface area contributed by atoms with Gasteiger partial charge in [-0.2, -0.15) is 0 Å². The normalized spacial score (nSPS) is 18.9. The molecule has 2 heterocycles. The van der Waals surface area contributed by atoms with Gasteiger partial charge < -0.3 is 10.3 Å². The lowest BCUT2D eigenvalue weighted by Crippen LogP contribution is -2.34. The van der Waals surface area contributed by atoms with Crippen LogP contribution < -0.4 is 16.2 Å². The highest BCUT2D eigenvalue weighted by molar-refractivity contribution is 5.56. The molecule has 0 spiro atoms. The number of hydrogen-bond donors (Lipinski definition) is 2. The van der Waals surface area contributed by atoms with Gasteiger partial charge in [0.05, 0.1) is 17.1 Å². The number of nitrogens with zero attached hydrogens (tertiary/aromatic N) is 3. The predicted octanol–water partition coefficient (Wildman–Crippen LogP) is 1.90. The number of hydrazine groups is 1. The van der Waals surface area contributed by atoms with Gasteiger partial charge in [-0.25, -0.2) is 10.8 Å². The molecule has 104 valence electrons.